The van der Waals surface area contributed by atoms with Crippen molar-refractivity contribution in [2.45, 2.75) is 46.6 Å². The second-order valence-electron chi connectivity index (χ2n) is 8.19. The SMILES string of the molecule is CCNC(=NCC1CCN(Cc2nc(C)c(C)o2)CC1)N1CCc2ccccc21. The number of benzene rings is 1. The lowest BCUT2D eigenvalue weighted by molar-refractivity contribution is 0.166. The molecule has 6 heteroatoms. The van der Waals surface area contributed by atoms with Crippen molar-refractivity contribution >= 4 is 11.6 Å². The van der Waals surface area contributed by atoms with Gasteiger partial charge in [-0.25, -0.2) is 4.98 Å². The number of likely N-dealkylation sites (tertiary alicyclic amines) is 1. The van der Waals surface area contributed by atoms with Gasteiger partial charge in [0.25, 0.3) is 0 Å². The van der Waals surface area contributed by atoms with Gasteiger partial charge < -0.3 is 14.6 Å². The molecule has 1 N–H and O–H groups in total. The molecule has 156 valence electrons. The maximum Gasteiger partial charge on any atom is 0.208 e. The summed E-state index contributed by atoms with van der Waals surface area (Å²) in [5, 5.41) is 3.50. The van der Waals surface area contributed by atoms with E-state index >= 15 is 0 Å². The minimum atomic E-state index is 0.644. The monoisotopic (exact) mass is 395 g/mol. The van der Waals surface area contributed by atoms with E-state index < -0.39 is 0 Å². The highest BCUT2D eigenvalue weighted by atomic mass is 16.4. The van der Waals surface area contributed by atoms with Gasteiger partial charge in [0, 0.05) is 25.3 Å². The summed E-state index contributed by atoms with van der Waals surface area (Å²) in [7, 11) is 0. The van der Waals surface area contributed by atoms with Gasteiger partial charge in [-0.15, -0.1) is 0 Å². The maximum atomic E-state index is 5.75. The highest BCUT2D eigenvalue weighted by molar-refractivity contribution is 5.97. The fourth-order valence-corrected chi connectivity index (χ4v) is 4.29. The van der Waals surface area contributed by atoms with Gasteiger partial charge in [-0.2, -0.15) is 0 Å². The minimum Gasteiger partial charge on any atom is -0.444 e. The molecule has 6 nitrogen and oxygen atoms in total. The summed E-state index contributed by atoms with van der Waals surface area (Å²) in [4.78, 5) is 14.3. The molecule has 2 aliphatic rings. The van der Waals surface area contributed by atoms with E-state index in [0.29, 0.717) is 5.92 Å². The second-order valence-corrected chi connectivity index (χ2v) is 8.19. The van der Waals surface area contributed by atoms with E-state index in [9.17, 15) is 0 Å². The Hall–Kier alpha value is -2.34. The molecule has 4 rings (SSSR count). The fourth-order valence-electron chi connectivity index (χ4n) is 4.29. The zero-order valence-corrected chi connectivity index (χ0v) is 17.9. The molecule has 1 aromatic heterocycles. The molecule has 3 heterocycles. The van der Waals surface area contributed by atoms with Crippen LogP contribution in [0.5, 0.6) is 0 Å². The molecule has 1 aromatic carbocycles. The van der Waals surface area contributed by atoms with Crippen LogP contribution in [0.25, 0.3) is 0 Å². The number of aryl methyl sites for hydroxylation is 2. The van der Waals surface area contributed by atoms with Crippen LogP contribution in [0.3, 0.4) is 0 Å². The maximum absolute atomic E-state index is 5.75. The van der Waals surface area contributed by atoms with Crippen LogP contribution in [0.1, 0.15) is 42.7 Å². The quantitative estimate of drug-likeness (QED) is 0.620. The Morgan fingerprint density at radius 2 is 2.00 bits per heavy atom. The first kappa shape index (κ1) is 20.0. The first-order valence-electron chi connectivity index (χ1n) is 10.9. The van der Waals surface area contributed by atoms with Crippen molar-refractivity contribution in [1.82, 2.24) is 15.2 Å². The molecule has 0 radical (unpaired) electrons. The van der Waals surface area contributed by atoms with Gasteiger partial charge in [0.1, 0.15) is 5.76 Å². The summed E-state index contributed by atoms with van der Waals surface area (Å²) < 4.78 is 5.75. The van der Waals surface area contributed by atoms with Crippen molar-refractivity contribution in [3.63, 3.8) is 0 Å². The summed E-state index contributed by atoms with van der Waals surface area (Å²) >= 11 is 0. The van der Waals surface area contributed by atoms with Crippen molar-refractivity contribution in [1.29, 1.82) is 0 Å². The highest BCUT2D eigenvalue weighted by Gasteiger charge is 2.24. The molecular weight excluding hydrogens is 362 g/mol. The third kappa shape index (κ3) is 4.64. The Labute approximate surface area is 174 Å². The van der Waals surface area contributed by atoms with Crippen molar-refractivity contribution in [2.24, 2.45) is 10.9 Å². The average Bonchev–Trinajstić information content (AvgIpc) is 3.29. The zero-order valence-electron chi connectivity index (χ0n) is 17.9. The molecule has 1 fully saturated rings. The van der Waals surface area contributed by atoms with Crippen LogP contribution in [0.2, 0.25) is 0 Å². The predicted octanol–water partition coefficient (Wildman–Crippen LogP) is 3.53. The van der Waals surface area contributed by atoms with Gasteiger partial charge in [0.15, 0.2) is 5.96 Å². The molecule has 0 unspecified atom stereocenters. The molecule has 2 aromatic rings. The van der Waals surface area contributed by atoms with E-state index in [2.05, 4.69) is 51.3 Å². The number of aromatic nitrogens is 1. The fraction of sp³-hybridized carbons (Fsp3) is 0.565. The number of hydrogen-bond acceptors (Lipinski definition) is 4. The molecule has 0 spiro atoms. The number of fused-ring (bicyclic) bond motifs is 1. The smallest absolute Gasteiger partial charge is 0.208 e. The van der Waals surface area contributed by atoms with E-state index in [-0.39, 0.29) is 0 Å². The first-order valence-corrected chi connectivity index (χ1v) is 10.9. The van der Waals surface area contributed by atoms with E-state index in [0.717, 1.165) is 69.0 Å². The number of anilines is 1. The van der Waals surface area contributed by atoms with E-state index in [1.54, 1.807) is 0 Å². The largest absolute Gasteiger partial charge is 0.444 e. The molecule has 0 aliphatic carbocycles. The number of oxazole rings is 1. The van der Waals surface area contributed by atoms with Crippen LogP contribution < -0.4 is 10.2 Å². The summed E-state index contributed by atoms with van der Waals surface area (Å²) in [5.74, 6) is 3.46. The number of guanidine groups is 1. The number of rotatable bonds is 5. The van der Waals surface area contributed by atoms with Gasteiger partial charge in [-0.3, -0.25) is 9.89 Å². The van der Waals surface area contributed by atoms with Crippen LogP contribution in [0.15, 0.2) is 33.7 Å². The Kier molecular flexibility index (Phi) is 6.19. The van der Waals surface area contributed by atoms with Gasteiger partial charge >= 0.3 is 0 Å². The van der Waals surface area contributed by atoms with Gasteiger partial charge in [0.05, 0.1) is 12.2 Å². The summed E-state index contributed by atoms with van der Waals surface area (Å²) in [5.41, 5.74) is 3.73. The summed E-state index contributed by atoms with van der Waals surface area (Å²) in [6.07, 6.45) is 3.45. The molecule has 29 heavy (non-hydrogen) atoms. The van der Waals surface area contributed by atoms with Gasteiger partial charge in [-0.05, 0) is 70.7 Å². The number of para-hydroxylation sites is 1. The van der Waals surface area contributed by atoms with Crippen LogP contribution in [-0.4, -0.2) is 48.6 Å². The van der Waals surface area contributed by atoms with Crippen LogP contribution in [-0.2, 0) is 13.0 Å². The lowest BCUT2D eigenvalue weighted by atomic mass is 9.97. The lowest BCUT2D eigenvalue weighted by Crippen LogP contribution is -2.41. The van der Waals surface area contributed by atoms with Crippen molar-refractivity contribution < 1.29 is 4.42 Å². The average molecular weight is 396 g/mol. The zero-order chi connectivity index (χ0) is 20.2. The number of nitrogens with one attached hydrogen (secondary N) is 1. The van der Waals surface area contributed by atoms with E-state index in [1.165, 1.54) is 24.1 Å². The van der Waals surface area contributed by atoms with Crippen molar-refractivity contribution in [2.75, 3.05) is 37.6 Å². The molecule has 0 bridgehead atoms. The number of aliphatic imine (C=N–C) groups is 1. The van der Waals surface area contributed by atoms with E-state index in [1.807, 2.05) is 13.8 Å². The Bertz CT molecular complexity index is 831. The third-order valence-electron chi connectivity index (χ3n) is 6.12. The molecule has 1 saturated heterocycles. The molecular formula is C23H33N5O. The lowest BCUT2D eigenvalue weighted by Gasteiger charge is -2.30. The minimum absolute atomic E-state index is 0.644. The predicted molar refractivity (Wildman–Crippen MR) is 117 cm³/mol. The van der Waals surface area contributed by atoms with Crippen molar-refractivity contribution in [3.8, 4) is 0 Å². The topological polar surface area (TPSA) is 56.9 Å². The number of piperidine rings is 1. The third-order valence-corrected chi connectivity index (χ3v) is 6.12. The summed E-state index contributed by atoms with van der Waals surface area (Å²) in [6, 6.07) is 8.68. The Morgan fingerprint density at radius 1 is 1.21 bits per heavy atom. The van der Waals surface area contributed by atoms with E-state index in [4.69, 9.17) is 9.41 Å². The van der Waals surface area contributed by atoms with Crippen molar-refractivity contribution in [3.05, 3.63) is 47.2 Å². The highest BCUT2D eigenvalue weighted by Crippen LogP contribution is 2.27. The van der Waals surface area contributed by atoms with Gasteiger partial charge in [0.2, 0.25) is 5.89 Å². The number of hydrogen-bond donors (Lipinski definition) is 1. The van der Waals surface area contributed by atoms with Crippen LogP contribution in [0, 0.1) is 19.8 Å². The standard InChI is InChI=1S/C23H33N5O/c1-4-24-23(28-14-11-20-7-5-6-8-21(20)28)25-15-19-9-12-27(13-10-19)16-22-26-17(2)18(3)29-22/h5-8,19H,4,9-16H2,1-3H3,(H,24,25). The van der Waals surface area contributed by atoms with Gasteiger partial charge in [-0.1, -0.05) is 18.2 Å². The molecule has 2 aliphatic heterocycles. The molecule has 0 atom stereocenters. The second kappa shape index (κ2) is 8.99. The number of nitrogens with zero attached hydrogens (tertiary/aromatic N) is 4. The van der Waals surface area contributed by atoms with Crippen LogP contribution in [0.4, 0.5) is 5.69 Å². The normalized spacial score (nSPS) is 18.3. The Balaban J connectivity index is 1.32. The molecule has 0 amide bonds. The summed E-state index contributed by atoms with van der Waals surface area (Å²) in [6.45, 7) is 11.9. The first-order chi connectivity index (χ1) is 14.1. The van der Waals surface area contributed by atoms with Crippen LogP contribution >= 0.6 is 0 Å². The Morgan fingerprint density at radius 3 is 2.72 bits per heavy atom. The molecule has 0 saturated carbocycles.